The Morgan fingerprint density at radius 1 is 0.215 bits per heavy atom. The number of aromatic nitrogens is 4. The summed E-state index contributed by atoms with van der Waals surface area (Å²) in [6.45, 7) is 15.2. The van der Waals surface area contributed by atoms with E-state index in [0.717, 1.165) is 111 Å². The molecule has 6 aliphatic heterocycles. The van der Waals surface area contributed by atoms with Crippen LogP contribution < -0.4 is 18.9 Å². The molecule has 44 heteroatoms. The molecule has 4 fully saturated rings. The minimum Gasteiger partial charge on any atom is -0.463 e. The Morgan fingerprint density at radius 3 is 0.535 bits per heavy atom. The predicted octanol–water partition coefficient (Wildman–Crippen LogP) is 9.17. The highest BCUT2D eigenvalue weighted by Gasteiger charge is 2.58. The van der Waals surface area contributed by atoms with Crippen LogP contribution in [0.4, 0.5) is 0 Å². The van der Waals surface area contributed by atoms with E-state index in [1.807, 2.05) is 0 Å². The number of hydrogen-bond donors (Lipinski definition) is 2. The van der Waals surface area contributed by atoms with Crippen LogP contribution in [0.2, 0.25) is 0 Å². The number of hydrogen-bond acceptors (Lipinski definition) is 42. The zero-order valence-corrected chi connectivity index (χ0v) is 80.5. The number of nitrogens with zero attached hydrogens (tertiary/aromatic N) is 2. The van der Waals surface area contributed by atoms with Gasteiger partial charge in [-0.2, -0.15) is 0 Å². The fourth-order valence-electron chi connectivity index (χ4n) is 16.9. The molecule has 4 saturated heterocycles. The maximum atomic E-state index is 13.0. The van der Waals surface area contributed by atoms with E-state index < -0.39 is 245 Å². The highest BCUT2D eigenvalue weighted by molar-refractivity contribution is 6.00. The Bertz CT molecular complexity index is 5560. The number of nitrogens with one attached hydrogen (secondary N) is 2. The number of rotatable bonds is 32. The molecule has 0 radical (unpaired) electrons. The maximum Gasteiger partial charge on any atom is 0.303 e. The molecule has 0 spiro atoms. The summed E-state index contributed by atoms with van der Waals surface area (Å²) in [6.07, 6.45) is -24.2. The normalized spacial score (nSPS) is 23.9. The van der Waals surface area contributed by atoms with Crippen molar-refractivity contribution in [2.45, 2.75) is 234 Å². The number of ether oxygens (including phenoxy) is 24. The molecule has 0 aliphatic carbocycles. The number of benzene rings is 4. The van der Waals surface area contributed by atoms with E-state index >= 15 is 0 Å². The van der Waals surface area contributed by atoms with Crippen molar-refractivity contribution >= 4 is 142 Å². The van der Waals surface area contributed by atoms with Gasteiger partial charge < -0.3 is 124 Å². The van der Waals surface area contributed by atoms with Crippen LogP contribution in [-0.2, 0) is 171 Å². The lowest BCUT2D eigenvalue weighted by Gasteiger charge is -2.43. The van der Waals surface area contributed by atoms with E-state index in [1.54, 1.807) is 146 Å². The van der Waals surface area contributed by atoms with E-state index in [1.165, 1.54) is 0 Å². The van der Waals surface area contributed by atoms with Crippen molar-refractivity contribution in [3.63, 3.8) is 0 Å². The van der Waals surface area contributed by atoms with Gasteiger partial charge >= 0.3 is 95.5 Å². The third kappa shape index (κ3) is 26.6. The molecule has 3 aromatic heterocycles. The molecular weight excluding hydrogens is 1900 g/mol. The Kier molecular flexibility index (Phi) is 34.1. The second-order valence-electron chi connectivity index (χ2n) is 33.3. The topological polar surface area (TPSA) is 552 Å². The molecule has 4 aromatic carbocycles. The van der Waals surface area contributed by atoms with Crippen molar-refractivity contribution in [1.29, 1.82) is 0 Å². The third-order valence-corrected chi connectivity index (χ3v) is 22.1. The van der Waals surface area contributed by atoms with Crippen LogP contribution >= 0.6 is 0 Å². The quantitative estimate of drug-likeness (QED) is 0.0293. The SMILES string of the molecule is CC(=O)OC[C@H]1O[C@@H](Oc2ccc(-c3c4nc(c(-c5ccc(O[C@@H]6O[C@H](COC(C)=O)[C@H](OC(C)=O)[C@H](OC(C)=O)[C@H]6OC(C)=O)cc5)c5ccc([nH]5)c(-c5ccc(O[C@@H]6O[C@H](COC(C)=O)[C@H](OC(C)=O)[C@H](OC(C)=O)[C@H]6OC(C)=O)cc5)c5nc(c(-c6ccc(O[C@@H]7O[C@H](COC(C)=O)[C@H](OC(C)=O)[C@H](OC(C)=O)[C@H]7OC(C)=O)cc6)c6ccc3[nH]6)C=C5)C=C4)cc2)[C@H](OC(C)=O)[C@@H](OC(C)=O)[C@H]1OC(C)=O. The Hall–Kier alpha value is -16.0. The number of esters is 16. The highest BCUT2D eigenvalue weighted by atomic mass is 16.8. The molecule has 13 rings (SSSR count). The molecule has 762 valence electrons. The monoisotopic (exact) mass is 2000 g/mol. The average Bonchev–Trinajstić information content (AvgIpc) is 1.67. The number of carbonyl (C=O) groups is 16. The number of fused-ring (bicyclic) bond motifs is 8. The predicted molar refractivity (Wildman–Crippen MR) is 491 cm³/mol. The van der Waals surface area contributed by atoms with Gasteiger partial charge in [0.15, 0.2) is 48.8 Å². The summed E-state index contributed by atoms with van der Waals surface area (Å²) >= 11 is 0. The highest BCUT2D eigenvalue weighted by Crippen LogP contribution is 2.44. The van der Waals surface area contributed by atoms with Crippen LogP contribution in [-0.4, -0.2) is 265 Å². The molecular formula is C100H102N4O40. The maximum absolute atomic E-state index is 13.0. The molecule has 44 nitrogen and oxygen atoms in total. The van der Waals surface area contributed by atoms with Crippen LogP contribution in [0.15, 0.2) is 121 Å². The van der Waals surface area contributed by atoms with E-state index in [0.29, 0.717) is 89.4 Å². The second kappa shape index (κ2) is 46.6. The van der Waals surface area contributed by atoms with Crippen molar-refractivity contribution in [1.82, 2.24) is 19.9 Å². The van der Waals surface area contributed by atoms with Crippen LogP contribution in [0, 0.1) is 0 Å². The zero-order chi connectivity index (χ0) is 104. The minimum absolute atomic E-state index is 0.0514. The molecule has 0 unspecified atom stereocenters. The van der Waals surface area contributed by atoms with Gasteiger partial charge in [0.05, 0.1) is 22.8 Å². The molecule has 9 heterocycles. The Morgan fingerprint density at radius 2 is 0.375 bits per heavy atom. The first-order chi connectivity index (χ1) is 68.5. The van der Waals surface area contributed by atoms with Gasteiger partial charge in [-0.05, 0) is 119 Å². The van der Waals surface area contributed by atoms with Crippen LogP contribution in [0.25, 0.3) is 90.9 Å². The minimum atomic E-state index is -1.66. The third-order valence-electron chi connectivity index (χ3n) is 22.1. The summed E-state index contributed by atoms with van der Waals surface area (Å²) in [5.41, 5.74) is 6.28. The van der Waals surface area contributed by atoms with E-state index in [9.17, 15) is 76.7 Å². The molecule has 0 saturated carbocycles. The molecule has 0 amide bonds. The molecule has 7 aromatic rings. The first-order valence-electron chi connectivity index (χ1n) is 44.9. The summed E-state index contributed by atoms with van der Waals surface area (Å²) in [5, 5.41) is 0. The van der Waals surface area contributed by atoms with Crippen molar-refractivity contribution in [3.8, 4) is 67.5 Å². The van der Waals surface area contributed by atoms with Crippen molar-refractivity contribution in [2.24, 2.45) is 0 Å². The fourth-order valence-corrected chi connectivity index (χ4v) is 16.9. The van der Waals surface area contributed by atoms with E-state index in [2.05, 4.69) is 9.97 Å². The van der Waals surface area contributed by atoms with Crippen molar-refractivity contribution in [2.75, 3.05) is 26.4 Å². The summed E-state index contributed by atoms with van der Waals surface area (Å²) in [7, 11) is 0. The largest absolute Gasteiger partial charge is 0.463 e. The van der Waals surface area contributed by atoms with Gasteiger partial charge in [0.1, 0.15) is 73.8 Å². The zero-order valence-electron chi connectivity index (χ0n) is 80.5. The van der Waals surface area contributed by atoms with E-state index in [4.69, 9.17) is 124 Å². The first-order valence-corrected chi connectivity index (χ1v) is 44.9. The van der Waals surface area contributed by atoms with Crippen LogP contribution in [0.3, 0.4) is 0 Å². The Balaban J connectivity index is 1.02. The molecule has 20 atom stereocenters. The lowest BCUT2D eigenvalue weighted by molar-refractivity contribution is -0.288. The van der Waals surface area contributed by atoms with Gasteiger partial charge in [-0.25, -0.2) is 9.97 Å². The summed E-state index contributed by atoms with van der Waals surface area (Å²) in [4.78, 5) is 222. The van der Waals surface area contributed by atoms with Crippen molar-refractivity contribution in [3.05, 3.63) is 144 Å². The van der Waals surface area contributed by atoms with Gasteiger partial charge in [-0.15, -0.1) is 0 Å². The summed E-state index contributed by atoms with van der Waals surface area (Å²) < 4.78 is 141. The van der Waals surface area contributed by atoms with Gasteiger partial charge in [-0.3, -0.25) is 76.7 Å². The van der Waals surface area contributed by atoms with Gasteiger partial charge in [0, 0.05) is 155 Å². The molecule has 8 bridgehead atoms. The lowest BCUT2D eigenvalue weighted by Crippen LogP contribution is -2.63. The van der Waals surface area contributed by atoms with Gasteiger partial charge in [0.25, 0.3) is 0 Å². The smallest absolute Gasteiger partial charge is 0.303 e. The second-order valence-corrected chi connectivity index (χ2v) is 33.3. The number of aromatic amines is 2. The molecule has 144 heavy (non-hydrogen) atoms. The lowest BCUT2D eigenvalue weighted by atomic mass is 9.98. The fraction of sp³-hybridized carbons (Fsp3) is 0.400. The van der Waals surface area contributed by atoms with Gasteiger partial charge in [0.2, 0.25) is 49.6 Å². The average molecular weight is 2000 g/mol. The standard InChI is InChI=1S/C100H102N4O40/c1-45(105)121-41-77-85(125-49(5)109)89(129-53(9)113)93(133-57(13)117)97(141-77)137-65-25-17-61(18-26-65)81-69-33-35-71(101-69)82(62-19-27-66(28-20-62)138-98-94(134-58(14)118)90(130-54(10)114)86(126-50(6)110)78(142-98)42-122-46(2)106)73-37-39-75(103-73)84(64-23-31-68(32-24-64)140-100-96(136-60(16)120)92(132-56(12)116)88(128-52(8)112)80(144-100)44-124-48(4)108)76-40-38-74(104-76)83(72-36-34-70(81)102-72)63-21-29-67(30-22-63)139-99-95(135-59(15)119)91(131-55(11)115)87(127-51(7)111)79(143-99)43-123-47(3)107/h17-40,77-80,85-101,104H,41-44H2,1-16H3/t77-,78-,79-,80-,85+,86+,87+,88+,89+,90+,91+,92+,93-,94-,95-,96-,97-,98-,99-,100-/m1/s1. The van der Waals surface area contributed by atoms with E-state index in [-0.39, 0.29) is 23.0 Å². The summed E-state index contributed by atoms with van der Waals surface area (Å²) in [5.74, 6) is -13.3. The first kappa shape index (κ1) is 105. The summed E-state index contributed by atoms with van der Waals surface area (Å²) in [6, 6.07) is 32.8. The molecule has 6 aliphatic rings. The Labute approximate surface area is 820 Å². The van der Waals surface area contributed by atoms with Crippen LogP contribution in [0.1, 0.15) is 134 Å². The number of carbonyl (C=O) groups excluding carboxylic acids is 16. The van der Waals surface area contributed by atoms with Crippen molar-refractivity contribution < 1.29 is 190 Å². The van der Waals surface area contributed by atoms with Gasteiger partial charge in [-0.1, -0.05) is 48.5 Å². The van der Waals surface area contributed by atoms with Crippen LogP contribution in [0.5, 0.6) is 23.0 Å². The molecule has 2 N–H and O–H groups in total. The number of H-pyrrole nitrogens is 2.